The van der Waals surface area contributed by atoms with Crippen molar-refractivity contribution in [1.29, 1.82) is 0 Å². The molecule has 1 heteroatoms. The minimum Gasteiger partial charge on any atom is -0.390 e. The molecule has 1 atom stereocenters. The normalized spacial score (nSPS) is 12.0. The highest BCUT2D eigenvalue weighted by Gasteiger charge is 2.06. The van der Waals surface area contributed by atoms with Crippen molar-refractivity contribution < 1.29 is 5.11 Å². The predicted molar refractivity (Wildman–Crippen MR) is 26.3 cm³/mol. The molecule has 1 unspecified atom stereocenters. The van der Waals surface area contributed by atoms with Gasteiger partial charge >= 0.3 is 0 Å². The van der Waals surface area contributed by atoms with Crippen LogP contribution in [0.2, 0.25) is 0 Å². The maximum atomic E-state index is 8.72. The van der Waals surface area contributed by atoms with Crippen LogP contribution in [0.1, 0.15) is 20.3 Å². The van der Waals surface area contributed by atoms with E-state index in [0.29, 0.717) is 6.42 Å². The summed E-state index contributed by atoms with van der Waals surface area (Å²) in [6.07, 6.45) is 0.715. The molecule has 0 bridgehead atoms. The van der Waals surface area contributed by atoms with Crippen molar-refractivity contribution in [2.75, 3.05) is 0 Å². The Labute approximate surface area is 39.0 Å². The largest absolute Gasteiger partial charge is 0.390 e. The zero-order valence-electron chi connectivity index (χ0n) is 4.36. The first-order chi connectivity index (χ1) is 2.56. The van der Waals surface area contributed by atoms with E-state index < -0.39 is 5.60 Å². The molecule has 0 aromatic heterocycles. The fourth-order valence-electron chi connectivity index (χ4n) is 0. The number of hydrogen-bond acceptors (Lipinski definition) is 1. The molecule has 6 heavy (non-hydrogen) atoms. The Hall–Kier alpha value is -0.0400. The van der Waals surface area contributed by atoms with E-state index in [2.05, 4.69) is 6.92 Å². The van der Waals surface area contributed by atoms with Crippen LogP contribution in [0.25, 0.3) is 0 Å². The lowest BCUT2D eigenvalue weighted by molar-refractivity contribution is 0.105. The molecular formula is C5H11O. The van der Waals surface area contributed by atoms with Gasteiger partial charge in [-0.15, -0.1) is 0 Å². The van der Waals surface area contributed by atoms with Gasteiger partial charge in [0, 0.05) is 0 Å². The third-order valence-corrected chi connectivity index (χ3v) is 0.762. The molecule has 0 saturated heterocycles. The van der Waals surface area contributed by atoms with Gasteiger partial charge in [0.25, 0.3) is 0 Å². The lowest BCUT2D eigenvalue weighted by atomic mass is 10.1. The molecule has 0 heterocycles. The molecule has 0 aliphatic heterocycles. The molecule has 0 aliphatic carbocycles. The average molecular weight is 87.1 g/mol. The monoisotopic (exact) mass is 87.1 g/mol. The average Bonchev–Trinajstić information content (AvgIpc) is 1.35. The van der Waals surface area contributed by atoms with Crippen LogP contribution in [-0.2, 0) is 0 Å². The molecule has 0 spiro atoms. The molecule has 0 aromatic carbocycles. The fraction of sp³-hybridized carbons (Fsp3) is 0.800. The second-order valence-corrected chi connectivity index (χ2v) is 1.85. The van der Waals surface area contributed by atoms with Crippen LogP contribution in [0.4, 0.5) is 0 Å². The van der Waals surface area contributed by atoms with Crippen LogP contribution in [0, 0.1) is 6.92 Å². The van der Waals surface area contributed by atoms with Crippen molar-refractivity contribution in [1.82, 2.24) is 0 Å². The third-order valence-electron chi connectivity index (χ3n) is 0.762. The molecule has 1 radical (unpaired) electrons. The number of hydrogen-bond donors (Lipinski definition) is 1. The van der Waals surface area contributed by atoms with Gasteiger partial charge in [-0.25, -0.2) is 0 Å². The topological polar surface area (TPSA) is 20.2 Å². The van der Waals surface area contributed by atoms with E-state index in [1.54, 1.807) is 6.92 Å². The van der Waals surface area contributed by atoms with Crippen molar-refractivity contribution in [2.45, 2.75) is 25.9 Å². The molecular weight excluding hydrogens is 76.1 g/mol. The summed E-state index contributed by atoms with van der Waals surface area (Å²) in [6.45, 7) is 7.03. The quantitative estimate of drug-likeness (QED) is 0.505. The van der Waals surface area contributed by atoms with Crippen molar-refractivity contribution in [3.63, 3.8) is 0 Å². The van der Waals surface area contributed by atoms with Crippen LogP contribution in [0.15, 0.2) is 0 Å². The summed E-state index contributed by atoms with van der Waals surface area (Å²) in [7, 11) is 0. The standard InChI is InChI=1S/C5H11O/c1-4-5(2,3)6/h6H,2,4H2,1,3H3. The number of rotatable bonds is 1. The van der Waals surface area contributed by atoms with Crippen molar-refractivity contribution >= 4 is 0 Å². The Morgan fingerprint density at radius 3 is 2.00 bits per heavy atom. The summed E-state index contributed by atoms with van der Waals surface area (Å²) in [6, 6.07) is 0. The first-order valence-corrected chi connectivity index (χ1v) is 2.14. The van der Waals surface area contributed by atoms with E-state index in [9.17, 15) is 0 Å². The van der Waals surface area contributed by atoms with E-state index >= 15 is 0 Å². The summed E-state index contributed by atoms with van der Waals surface area (Å²) in [5, 5.41) is 8.72. The lowest BCUT2D eigenvalue weighted by Crippen LogP contribution is -2.16. The van der Waals surface area contributed by atoms with E-state index in [4.69, 9.17) is 5.11 Å². The minimum absolute atomic E-state index is 0.708. The minimum atomic E-state index is -0.708. The van der Waals surface area contributed by atoms with Gasteiger partial charge in [0.1, 0.15) is 0 Å². The second kappa shape index (κ2) is 1.61. The first-order valence-electron chi connectivity index (χ1n) is 2.14. The van der Waals surface area contributed by atoms with Crippen LogP contribution in [-0.4, -0.2) is 10.7 Å². The maximum Gasteiger partial charge on any atom is 0.0618 e. The molecule has 0 fully saturated rings. The highest BCUT2D eigenvalue weighted by atomic mass is 16.3. The lowest BCUT2D eigenvalue weighted by Gasteiger charge is -2.11. The van der Waals surface area contributed by atoms with Gasteiger partial charge in [-0.2, -0.15) is 0 Å². The first kappa shape index (κ1) is 5.96. The summed E-state index contributed by atoms with van der Waals surface area (Å²) < 4.78 is 0. The van der Waals surface area contributed by atoms with Gasteiger partial charge in [0.2, 0.25) is 0 Å². The van der Waals surface area contributed by atoms with E-state index in [-0.39, 0.29) is 0 Å². The van der Waals surface area contributed by atoms with Crippen molar-refractivity contribution in [3.05, 3.63) is 6.92 Å². The van der Waals surface area contributed by atoms with Gasteiger partial charge in [-0.1, -0.05) is 6.92 Å². The molecule has 0 amide bonds. The van der Waals surface area contributed by atoms with Crippen LogP contribution < -0.4 is 0 Å². The Morgan fingerprint density at radius 1 is 1.83 bits per heavy atom. The zero-order valence-corrected chi connectivity index (χ0v) is 4.36. The van der Waals surface area contributed by atoms with Crippen LogP contribution in [0.3, 0.4) is 0 Å². The summed E-state index contributed by atoms with van der Waals surface area (Å²) >= 11 is 0. The summed E-state index contributed by atoms with van der Waals surface area (Å²) in [4.78, 5) is 0. The summed E-state index contributed by atoms with van der Waals surface area (Å²) in [5.74, 6) is 0. The molecule has 1 nitrogen and oxygen atoms in total. The zero-order chi connectivity index (χ0) is 5.21. The highest BCUT2D eigenvalue weighted by Crippen LogP contribution is 2.02. The molecule has 0 aliphatic rings. The molecule has 0 aromatic rings. The molecule has 1 N–H and O–H groups in total. The summed E-state index contributed by atoms with van der Waals surface area (Å²) in [5.41, 5.74) is -0.708. The number of aliphatic hydroxyl groups is 1. The molecule has 0 rings (SSSR count). The van der Waals surface area contributed by atoms with Crippen LogP contribution in [0.5, 0.6) is 0 Å². The second-order valence-electron chi connectivity index (χ2n) is 1.85. The van der Waals surface area contributed by atoms with E-state index in [1.807, 2.05) is 6.92 Å². The SMILES string of the molecule is [CH2]C(C)(O)CC. The fourth-order valence-corrected chi connectivity index (χ4v) is 0. The van der Waals surface area contributed by atoms with E-state index in [0.717, 1.165) is 0 Å². The molecule has 0 saturated carbocycles. The van der Waals surface area contributed by atoms with E-state index in [1.165, 1.54) is 0 Å². The Morgan fingerprint density at radius 2 is 2.00 bits per heavy atom. The highest BCUT2D eigenvalue weighted by molar-refractivity contribution is 4.70. The Kier molecular flexibility index (Phi) is 1.59. The van der Waals surface area contributed by atoms with Gasteiger partial charge in [0.05, 0.1) is 5.60 Å². The van der Waals surface area contributed by atoms with Crippen molar-refractivity contribution in [2.24, 2.45) is 0 Å². The maximum absolute atomic E-state index is 8.72. The molecule has 37 valence electrons. The Balaban J connectivity index is 3.17. The van der Waals surface area contributed by atoms with Crippen molar-refractivity contribution in [3.8, 4) is 0 Å². The third kappa shape index (κ3) is 3.96. The van der Waals surface area contributed by atoms with Gasteiger partial charge < -0.3 is 5.11 Å². The Bertz CT molecular complexity index is 33.7. The predicted octanol–water partition coefficient (Wildman–Crippen LogP) is 0.981. The van der Waals surface area contributed by atoms with Crippen LogP contribution >= 0.6 is 0 Å². The van der Waals surface area contributed by atoms with Gasteiger partial charge in [-0.05, 0) is 20.3 Å². The van der Waals surface area contributed by atoms with Gasteiger partial charge in [0.15, 0.2) is 0 Å². The smallest absolute Gasteiger partial charge is 0.0618 e. The van der Waals surface area contributed by atoms with Gasteiger partial charge in [-0.3, -0.25) is 0 Å².